The predicted molar refractivity (Wildman–Crippen MR) is 88.0 cm³/mol. The molecule has 1 aromatic carbocycles. The van der Waals surface area contributed by atoms with Gasteiger partial charge >= 0.3 is 0 Å². The van der Waals surface area contributed by atoms with Crippen LogP contribution in [0.15, 0.2) is 24.3 Å². The highest BCUT2D eigenvalue weighted by molar-refractivity contribution is 5.86. The fourth-order valence-corrected chi connectivity index (χ4v) is 2.63. The Labute approximate surface area is 145 Å². The Hall–Kier alpha value is -2.48. The normalized spacial score (nSPS) is 20.3. The van der Waals surface area contributed by atoms with Crippen LogP contribution in [0.4, 0.5) is 4.39 Å². The summed E-state index contributed by atoms with van der Waals surface area (Å²) in [5.74, 6) is -1.46. The number of nitrogens with zero attached hydrogens (tertiary/aromatic N) is 2. The lowest BCUT2D eigenvalue weighted by atomic mass is 9.97. The van der Waals surface area contributed by atoms with Crippen molar-refractivity contribution in [2.75, 3.05) is 34.3 Å². The molecule has 0 radical (unpaired) electrons. The molecule has 0 saturated carbocycles. The molecule has 3 amide bonds. The number of rotatable bonds is 5. The second-order valence-corrected chi connectivity index (χ2v) is 6.03. The summed E-state index contributed by atoms with van der Waals surface area (Å²) in [6, 6.07) is 5.09. The second-order valence-electron chi connectivity index (χ2n) is 6.03. The number of halogens is 1. The molecular weight excluding hydrogens is 329 g/mol. The lowest BCUT2D eigenvalue weighted by molar-refractivity contribution is -0.162. The Morgan fingerprint density at radius 3 is 2.68 bits per heavy atom. The van der Waals surface area contributed by atoms with Gasteiger partial charge in [0.2, 0.25) is 11.8 Å². The quantitative estimate of drug-likeness (QED) is 0.829. The summed E-state index contributed by atoms with van der Waals surface area (Å²) in [4.78, 5) is 38.7. The minimum atomic E-state index is -1.05. The van der Waals surface area contributed by atoms with Gasteiger partial charge in [-0.25, -0.2) is 4.39 Å². The number of carbonyl (C=O) groups excluding carboxylic acids is 3. The van der Waals surface area contributed by atoms with Crippen molar-refractivity contribution in [3.05, 3.63) is 35.6 Å². The largest absolute Gasteiger partial charge is 0.356 e. The van der Waals surface area contributed by atoms with Gasteiger partial charge in [0, 0.05) is 39.7 Å². The average Bonchev–Trinajstić information content (AvgIpc) is 2.57. The molecule has 0 aromatic heterocycles. The van der Waals surface area contributed by atoms with Gasteiger partial charge in [-0.05, 0) is 6.07 Å². The molecule has 0 spiro atoms. The number of hydrogen-bond acceptors (Lipinski definition) is 4. The van der Waals surface area contributed by atoms with E-state index in [1.807, 2.05) is 0 Å². The van der Waals surface area contributed by atoms with E-state index in [0.29, 0.717) is 0 Å². The van der Waals surface area contributed by atoms with Crippen LogP contribution in [-0.4, -0.2) is 67.9 Å². The van der Waals surface area contributed by atoms with Crippen LogP contribution >= 0.6 is 0 Å². The van der Waals surface area contributed by atoms with Gasteiger partial charge in [-0.2, -0.15) is 0 Å². The van der Waals surface area contributed by atoms with Crippen LogP contribution in [0, 0.1) is 5.82 Å². The molecular formula is C17H22FN3O4. The fraction of sp³-hybridized carbons (Fsp3) is 0.471. The van der Waals surface area contributed by atoms with E-state index in [1.165, 1.54) is 35.0 Å². The molecule has 136 valence electrons. The molecule has 0 aliphatic carbocycles. The molecule has 2 atom stereocenters. The third-order valence-electron chi connectivity index (χ3n) is 4.10. The van der Waals surface area contributed by atoms with E-state index in [0.717, 1.165) is 0 Å². The van der Waals surface area contributed by atoms with Gasteiger partial charge in [0.15, 0.2) is 6.10 Å². The van der Waals surface area contributed by atoms with Gasteiger partial charge < -0.3 is 19.9 Å². The molecule has 2 unspecified atom stereocenters. The number of amides is 3. The Kier molecular flexibility index (Phi) is 6.08. The first-order chi connectivity index (χ1) is 11.8. The van der Waals surface area contributed by atoms with Crippen LogP contribution in [0.5, 0.6) is 0 Å². The van der Waals surface area contributed by atoms with Crippen LogP contribution in [0.25, 0.3) is 0 Å². The number of benzene rings is 1. The molecule has 1 fully saturated rings. The van der Waals surface area contributed by atoms with Gasteiger partial charge in [0.25, 0.3) is 5.91 Å². The number of likely N-dealkylation sites (N-methyl/N-ethyl adjacent to an activating group) is 1. The third-order valence-corrected chi connectivity index (χ3v) is 4.10. The molecule has 1 heterocycles. The Morgan fingerprint density at radius 2 is 2.04 bits per heavy atom. The maximum atomic E-state index is 14.2. The van der Waals surface area contributed by atoms with Crippen molar-refractivity contribution in [1.82, 2.24) is 15.1 Å². The van der Waals surface area contributed by atoms with Gasteiger partial charge in [-0.3, -0.25) is 14.4 Å². The van der Waals surface area contributed by atoms with Crippen LogP contribution in [0.2, 0.25) is 0 Å². The highest BCUT2D eigenvalue weighted by atomic mass is 19.1. The molecule has 1 aliphatic rings. The van der Waals surface area contributed by atoms with Gasteiger partial charge in [0.05, 0.1) is 6.04 Å². The maximum absolute atomic E-state index is 14.2. The minimum Gasteiger partial charge on any atom is -0.356 e. The first-order valence-corrected chi connectivity index (χ1v) is 7.92. The lowest BCUT2D eigenvalue weighted by Gasteiger charge is -2.38. The molecule has 0 bridgehead atoms. The number of nitrogens with one attached hydrogen (secondary N) is 1. The van der Waals surface area contributed by atoms with Crippen LogP contribution in [-0.2, 0) is 19.1 Å². The zero-order chi connectivity index (χ0) is 18.6. The summed E-state index contributed by atoms with van der Waals surface area (Å²) in [5, 5.41) is 2.62. The monoisotopic (exact) mass is 351 g/mol. The first-order valence-electron chi connectivity index (χ1n) is 7.92. The van der Waals surface area contributed by atoms with Crippen molar-refractivity contribution in [2.24, 2.45) is 0 Å². The number of carbonyl (C=O) groups is 3. The third kappa shape index (κ3) is 4.33. The van der Waals surface area contributed by atoms with E-state index in [4.69, 9.17) is 4.74 Å². The van der Waals surface area contributed by atoms with Crippen LogP contribution in [0.1, 0.15) is 18.0 Å². The van der Waals surface area contributed by atoms with Crippen LogP contribution < -0.4 is 5.32 Å². The van der Waals surface area contributed by atoms with Gasteiger partial charge in [-0.1, -0.05) is 18.2 Å². The Bertz CT molecular complexity index is 665. The van der Waals surface area contributed by atoms with E-state index >= 15 is 0 Å². The molecule has 1 saturated heterocycles. The van der Waals surface area contributed by atoms with E-state index in [-0.39, 0.29) is 37.0 Å². The van der Waals surface area contributed by atoms with E-state index in [2.05, 4.69) is 5.32 Å². The topological polar surface area (TPSA) is 79.0 Å². The smallest absolute Gasteiger partial charge is 0.251 e. The van der Waals surface area contributed by atoms with Crippen molar-refractivity contribution in [3.8, 4) is 0 Å². The fourth-order valence-electron chi connectivity index (χ4n) is 2.63. The number of ether oxygens (including phenoxy) is 1. The van der Waals surface area contributed by atoms with E-state index < -0.39 is 23.9 Å². The van der Waals surface area contributed by atoms with Crippen molar-refractivity contribution in [3.63, 3.8) is 0 Å². The summed E-state index contributed by atoms with van der Waals surface area (Å²) in [7, 11) is 4.77. The average molecular weight is 351 g/mol. The van der Waals surface area contributed by atoms with Crippen molar-refractivity contribution in [2.45, 2.75) is 18.6 Å². The Balaban J connectivity index is 2.13. The van der Waals surface area contributed by atoms with E-state index in [1.54, 1.807) is 20.2 Å². The summed E-state index contributed by atoms with van der Waals surface area (Å²) >= 11 is 0. The van der Waals surface area contributed by atoms with Gasteiger partial charge in [0.1, 0.15) is 12.4 Å². The molecule has 1 aromatic rings. The summed E-state index contributed by atoms with van der Waals surface area (Å²) in [6.45, 7) is -0.118. The highest BCUT2D eigenvalue weighted by Gasteiger charge is 2.41. The number of hydrogen-bond donors (Lipinski definition) is 1. The summed E-state index contributed by atoms with van der Waals surface area (Å²) in [6.07, 6.45) is -0.904. The molecule has 1 N–H and O–H groups in total. The zero-order valence-electron chi connectivity index (χ0n) is 14.5. The van der Waals surface area contributed by atoms with Crippen LogP contribution in [0.3, 0.4) is 0 Å². The highest BCUT2D eigenvalue weighted by Crippen LogP contribution is 2.30. The minimum absolute atomic E-state index is 0.122. The SMILES string of the molecule is CN(C)C(=O)CCNC(=O)C1OCC(=O)N(C)C1c1ccccc1F. The molecule has 8 heteroatoms. The maximum Gasteiger partial charge on any atom is 0.251 e. The van der Waals surface area contributed by atoms with Crippen molar-refractivity contribution < 1.29 is 23.5 Å². The standard InChI is InChI=1S/C17H22FN3O4/c1-20(2)13(22)8-9-19-17(24)16-15(21(3)14(23)10-25-16)11-6-4-5-7-12(11)18/h4-7,15-16H,8-10H2,1-3H3,(H,19,24). The molecule has 1 aliphatic heterocycles. The molecule has 25 heavy (non-hydrogen) atoms. The summed E-state index contributed by atoms with van der Waals surface area (Å²) < 4.78 is 19.6. The first kappa shape index (κ1) is 18.9. The predicted octanol–water partition coefficient (Wildman–Crippen LogP) is 0.319. The zero-order valence-corrected chi connectivity index (χ0v) is 14.5. The lowest BCUT2D eigenvalue weighted by Crippen LogP contribution is -2.53. The second kappa shape index (κ2) is 8.06. The summed E-state index contributed by atoms with van der Waals surface area (Å²) in [5.41, 5.74) is 0.211. The van der Waals surface area contributed by atoms with Gasteiger partial charge in [-0.15, -0.1) is 0 Å². The van der Waals surface area contributed by atoms with Crippen molar-refractivity contribution >= 4 is 17.7 Å². The molecule has 2 rings (SSSR count). The Morgan fingerprint density at radius 1 is 1.36 bits per heavy atom. The van der Waals surface area contributed by atoms with Crippen molar-refractivity contribution in [1.29, 1.82) is 0 Å². The number of morpholine rings is 1. The van der Waals surface area contributed by atoms with E-state index in [9.17, 15) is 18.8 Å². The molecule has 7 nitrogen and oxygen atoms in total.